The van der Waals surface area contributed by atoms with Crippen LogP contribution in [0, 0.1) is 0 Å². The van der Waals surface area contributed by atoms with E-state index in [9.17, 15) is 18.0 Å². The fraction of sp³-hybridized carbons (Fsp3) is 0.200. The van der Waals surface area contributed by atoms with Gasteiger partial charge in [0.25, 0.3) is 5.91 Å². The zero-order chi connectivity index (χ0) is 24.8. The number of fused-ring (bicyclic) bond motifs is 1. The predicted molar refractivity (Wildman–Crippen MR) is 128 cm³/mol. The van der Waals surface area contributed by atoms with Crippen molar-refractivity contribution in [1.82, 2.24) is 14.7 Å². The molecule has 4 rings (SSSR count). The molecule has 176 valence electrons. The quantitative estimate of drug-likeness (QED) is 0.312. The van der Waals surface area contributed by atoms with Gasteiger partial charge >= 0.3 is 6.18 Å². The highest BCUT2D eigenvalue weighted by Gasteiger charge is 2.30. The normalized spacial score (nSPS) is 12.2. The van der Waals surface area contributed by atoms with Gasteiger partial charge in [-0.3, -0.25) is 9.20 Å². The number of halogens is 5. The van der Waals surface area contributed by atoms with Crippen molar-refractivity contribution in [1.29, 1.82) is 0 Å². The molecule has 2 aromatic heterocycles. The molecule has 0 radical (unpaired) electrons. The number of rotatable bonds is 3. The average Bonchev–Trinajstić information content (AvgIpc) is 3.11. The highest BCUT2D eigenvalue weighted by molar-refractivity contribution is 6.31. The molecule has 9 heteroatoms. The summed E-state index contributed by atoms with van der Waals surface area (Å²) in [7, 11) is 0. The highest BCUT2D eigenvalue weighted by atomic mass is 35.5. The van der Waals surface area contributed by atoms with Crippen LogP contribution in [0.5, 0.6) is 0 Å². The summed E-state index contributed by atoms with van der Waals surface area (Å²) in [5, 5.41) is 3.73. The van der Waals surface area contributed by atoms with E-state index in [0.29, 0.717) is 38.2 Å². The topological polar surface area (TPSA) is 46.4 Å². The third-order valence-corrected chi connectivity index (χ3v) is 5.48. The summed E-state index contributed by atoms with van der Waals surface area (Å²) in [6, 6.07) is 13.2. The zero-order valence-electron chi connectivity index (χ0n) is 18.5. The van der Waals surface area contributed by atoms with Crippen LogP contribution in [0.15, 0.2) is 60.8 Å². The van der Waals surface area contributed by atoms with Crippen LogP contribution >= 0.6 is 23.2 Å². The second kappa shape index (κ2) is 8.64. The fourth-order valence-electron chi connectivity index (χ4n) is 3.59. The molecule has 2 aromatic carbocycles. The van der Waals surface area contributed by atoms with E-state index >= 15 is 0 Å². The number of carbonyl (C=O) groups excluding carboxylic acids is 1. The van der Waals surface area contributed by atoms with Gasteiger partial charge in [0.1, 0.15) is 0 Å². The Morgan fingerprint density at radius 1 is 0.912 bits per heavy atom. The molecule has 0 fully saturated rings. The lowest BCUT2D eigenvalue weighted by atomic mass is 10.0. The molecule has 4 aromatic rings. The molecule has 0 bridgehead atoms. The molecular weight excluding hydrogens is 486 g/mol. The van der Waals surface area contributed by atoms with Crippen molar-refractivity contribution in [3.05, 3.63) is 82.0 Å². The monoisotopic (exact) mass is 505 g/mol. The molecule has 34 heavy (non-hydrogen) atoms. The molecular formula is C25H20Cl2F3N3O. The van der Waals surface area contributed by atoms with E-state index in [2.05, 4.69) is 5.32 Å². The lowest BCUT2D eigenvalue weighted by molar-refractivity contribution is -0.137. The summed E-state index contributed by atoms with van der Waals surface area (Å²) in [4.78, 5) is 17.7. The minimum absolute atomic E-state index is 0.246. The maximum atomic E-state index is 13.1. The number of nitrogens with zero attached hydrogens (tertiary/aromatic N) is 2. The van der Waals surface area contributed by atoms with Crippen molar-refractivity contribution >= 4 is 34.8 Å². The lowest BCUT2D eigenvalue weighted by Crippen LogP contribution is -2.40. The van der Waals surface area contributed by atoms with Crippen LogP contribution < -0.4 is 5.32 Å². The van der Waals surface area contributed by atoms with Crippen molar-refractivity contribution in [2.75, 3.05) is 0 Å². The van der Waals surface area contributed by atoms with Crippen LogP contribution in [-0.2, 0) is 6.18 Å². The predicted octanol–water partition coefficient (Wildman–Crippen LogP) is 7.52. The SMILES string of the molecule is CC(C)(C)NC(=O)c1cc(Cl)cn2c(-c3ccc(Cl)cc3)c(-c3ccc(C(F)(F)F)cc3)nc12. The lowest BCUT2D eigenvalue weighted by Gasteiger charge is -2.20. The molecule has 0 spiro atoms. The molecule has 1 N–H and O–H groups in total. The number of amides is 1. The maximum absolute atomic E-state index is 13.1. The van der Waals surface area contributed by atoms with Gasteiger partial charge in [0.15, 0.2) is 5.65 Å². The number of imidazole rings is 1. The number of carbonyl (C=O) groups is 1. The van der Waals surface area contributed by atoms with E-state index in [4.69, 9.17) is 28.2 Å². The van der Waals surface area contributed by atoms with Gasteiger partial charge < -0.3 is 5.32 Å². The Bertz CT molecular complexity index is 1370. The van der Waals surface area contributed by atoms with Gasteiger partial charge in [0.2, 0.25) is 0 Å². The Morgan fingerprint density at radius 2 is 1.50 bits per heavy atom. The smallest absolute Gasteiger partial charge is 0.347 e. The van der Waals surface area contributed by atoms with E-state index in [1.54, 1.807) is 34.9 Å². The van der Waals surface area contributed by atoms with E-state index < -0.39 is 17.3 Å². The molecule has 0 saturated heterocycles. The number of aromatic nitrogens is 2. The highest BCUT2D eigenvalue weighted by Crippen LogP contribution is 2.37. The first kappa shape index (κ1) is 24.1. The Labute approximate surface area is 204 Å². The molecule has 1 amide bonds. The third-order valence-electron chi connectivity index (χ3n) is 5.02. The Balaban J connectivity index is 1.99. The molecule has 0 saturated carbocycles. The van der Waals surface area contributed by atoms with Gasteiger partial charge in [-0.1, -0.05) is 47.5 Å². The maximum Gasteiger partial charge on any atom is 0.416 e. The van der Waals surface area contributed by atoms with Crippen LogP contribution in [0.25, 0.3) is 28.2 Å². The molecule has 0 aliphatic carbocycles. The molecule has 4 nitrogen and oxygen atoms in total. The zero-order valence-corrected chi connectivity index (χ0v) is 20.0. The first-order chi connectivity index (χ1) is 15.8. The number of hydrogen-bond donors (Lipinski definition) is 1. The summed E-state index contributed by atoms with van der Waals surface area (Å²) in [6.45, 7) is 5.56. The average molecular weight is 506 g/mol. The van der Waals surface area contributed by atoms with Gasteiger partial charge in [0, 0.05) is 27.9 Å². The molecule has 2 heterocycles. The van der Waals surface area contributed by atoms with Gasteiger partial charge in [-0.25, -0.2) is 4.98 Å². The number of benzene rings is 2. The molecule has 0 atom stereocenters. The summed E-state index contributed by atoms with van der Waals surface area (Å²) in [5.74, 6) is -0.369. The summed E-state index contributed by atoms with van der Waals surface area (Å²) < 4.78 is 41.0. The summed E-state index contributed by atoms with van der Waals surface area (Å²) >= 11 is 12.4. The van der Waals surface area contributed by atoms with Crippen molar-refractivity contribution in [2.45, 2.75) is 32.5 Å². The van der Waals surface area contributed by atoms with Crippen molar-refractivity contribution in [3.63, 3.8) is 0 Å². The first-order valence-electron chi connectivity index (χ1n) is 10.3. The Hall–Kier alpha value is -3.03. The summed E-state index contributed by atoms with van der Waals surface area (Å²) in [5.41, 5.74) is 1.44. The van der Waals surface area contributed by atoms with Crippen LogP contribution in [0.3, 0.4) is 0 Å². The van der Waals surface area contributed by atoms with E-state index in [0.717, 1.165) is 12.1 Å². The largest absolute Gasteiger partial charge is 0.416 e. The fourth-order valence-corrected chi connectivity index (χ4v) is 3.92. The number of alkyl halides is 3. The second-order valence-corrected chi connectivity index (χ2v) is 9.73. The number of hydrogen-bond acceptors (Lipinski definition) is 2. The molecule has 0 unspecified atom stereocenters. The van der Waals surface area contributed by atoms with E-state index in [1.165, 1.54) is 18.2 Å². The number of pyridine rings is 1. The van der Waals surface area contributed by atoms with Crippen LogP contribution in [0.4, 0.5) is 13.2 Å². The minimum Gasteiger partial charge on any atom is -0.347 e. The van der Waals surface area contributed by atoms with Crippen LogP contribution in [-0.4, -0.2) is 20.8 Å². The van der Waals surface area contributed by atoms with E-state index in [-0.39, 0.29) is 11.5 Å². The van der Waals surface area contributed by atoms with Crippen molar-refractivity contribution < 1.29 is 18.0 Å². The minimum atomic E-state index is -4.46. The van der Waals surface area contributed by atoms with Crippen molar-refractivity contribution in [3.8, 4) is 22.5 Å². The molecule has 0 aliphatic heterocycles. The van der Waals surface area contributed by atoms with Gasteiger partial charge in [-0.2, -0.15) is 13.2 Å². The number of nitrogens with one attached hydrogen (secondary N) is 1. The summed E-state index contributed by atoms with van der Waals surface area (Å²) in [6.07, 6.45) is -2.84. The third kappa shape index (κ3) is 4.91. The van der Waals surface area contributed by atoms with Crippen LogP contribution in [0.2, 0.25) is 10.0 Å². The standard InChI is InChI=1S/C25H20Cl2F3N3O/c1-24(2,3)32-23(34)19-12-18(27)13-33-21(15-6-10-17(26)11-7-15)20(31-22(19)33)14-4-8-16(9-5-14)25(28,29)30/h4-13H,1-3H3,(H,32,34). The van der Waals surface area contributed by atoms with Gasteiger partial charge in [-0.05, 0) is 51.1 Å². The molecule has 0 aliphatic rings. The van der Waals surface area contributed by atoms with Crippen LogP contribution in [0.1, 0.15) is 36.7 Å². The first-order valence-corrected chi connectivity index (χ1v) is 11.1. The Morgan fingerprint density at radius 3 is 2.06 bits per heavy atom. The second-order valence-electron chi connectivity index (χ2n) is 8.86. The van der Waals surface area contributed by atoms with Gasteiger partial charge in [0.05, 0.1) is 27.5 Å². The van der Waals surface area contributed by atoms with Gasteiger partial charge in [-0.15, -0.1) is 0 Å². The van der Waals surface area contributed by atoms with E-state index in [1.807, 2.05) is 20.8 Å². The Kier molecular flexibility index (Phi) is 6.12. The van der Waals surface area contributed by atoms with Crippen molar-refractivity contribution in [2.24, 2.45) is 0 Å².